The average Bonchev–Trinajstić information content (AvgIpc) is 2.51. The minimum absolute atomic E-state index is 0.0626. The highest BCUT2D eigenvalue weighted by molar-refractivity contribution is 5.94. The van der Waals surface area contributed by atoms with Crippen LogP contribution in [0.25, 0.3) is 0 Å². The number of urea groups is 1. The van der Waals surface area contributed by atoms with E-state index in [1.165, 1.54) is 6.07 Å². The van der Waals surface area contributed by atoms with E-state index in [0.717, 1.165) is 12.1 Å². The second-order valence-corrected chi connectivity index (χ2v) is 4.15. The molecule has 0 aromatic heterocycles. The van der Waals surface area contributed by atoms with Gasteiger partial charge in [-0.05, 0) is 24.3 Å². The molecule has 0 aliphatic rings. The molecule has 0 spiro atoms. The summed E-state index contributed by atoms with van der Waals surface area (Å²) in [6.45, 7) is 0. The molecule has 4 N–H and O–H groups in total. The van der Waals surface area contributed by atoms with Crippen LogP contribution in [0.3, 0.4) is 0 Å². The molecular weight excluding hydrogens is 294 g/mol. The summed E-state index contributed by atoms with van der Waals surface area (Å²) in [5.74, 6) is -2.55. The number of anilines is 1. The van der Waals surface area contributed by atoms with Gasteiger partial charge in [0.1, 0.15) is 0 Å². The van der Waals surface area contributed by atoms with E-state index < -0.39 is 23.6 Å². The van der Waals surface area contributed by atoms with Crippen molar-refractivity contribution >= 4 is 17.6 Å². The largest absolute Gasteiger partial charge is 0.334 e. The third-order valence-corrected chi connectivity index (χ3v) is 2.57. The number of carbonyl (C=O) groups is 2. The molecule has 114 valence electrons. The van der Waals surface area contributed by atoms with Gasteiger partial charge in [0.05, 0.1) is 0 Å². The summed E-state index contributed by atoms with van der Waals surface area (Å²) < 4.78 is 25.7. The molecule has 0 heterocycles. The quantitative estimate of drug-likeness (QED) is 0.652. The van der Waals surface area contributed by atoms with E-state index in [0.29, 0.717) is 5.56 Å². The fourth-order valence-electron chi connectivity index (χ4n) is 1.54. The number of halogens is 2. The van der Waals surface area contributed by atoms with E-state index in [9.17, 15) is 18.4 Å². The van der Waals surface area contributed by atoms with Gasteiger partial charge >= 0.3 is 6.03 Å². The molecule has 22 heavy (non-hydrogen) atoms. The van der Waals surface area contributed by atoms with Crippen LogP contribution in [0.1, 0.15) is 10.4 Å². The Morgan fingerprint density at radius 3 is 2.27 bits per heavy atom. The summed E-state index contributed by atoms with van der Waals surface area (Å²) in [6.07, 6.45) is 0. The number of benzene rings is 2. The molecule has 0 saturated heterocycles. The van der Waals surface area contributed by atoms with E-state index in [4.69, 9.17) is 0 Å². The van der Waals surface area contributed by atoms with Gasteiger partial charge in [-0.25, -0.2) is 13.6 Å². The van der Waals surface area contributed by atoms with Crippen LogP contribution in [0, 0.1) is 11.6 Å². The van der Waals surface area contributed by atoms with Crippen molar-refractivity contribution in [2.45, 2.75) is 0 Å². The summed E-state index contributed by atoms with van der Waals surface area (Å²) in [4.78, 5) is 23.1. The average molecular weight is 306 g/mol. The smallest absolute Gasteiger partial charge is 0.307 e. The standard InChI is InChI=1S/C14H12F2N4O2/c15-11-7-6-10(8-12(11)16)17-14(22)19-20-18-13(21)9-4-2-1-3-5-9/h1-8,20H,(H,18,21)(H2,17,19,22). The van der Waals surface area contributed by atoms with Gasteiger partial charge in [0.25, 0.3) is 5.91 Å². The highest BCUT2D eigenvalue weighted by Gasteiger charge is 2.07. The van der Waals surface area contributed by atoms with Gasteiger partial charge in [0, 0.05) is 17.3 Å². The number of hydrazine groups is 2. The monoisotopic (exact) mass is 306 g/mol. The third kappa shape index (κ3) is 4.25. The van der Waals surface area contributed by atoms with Crippen molar-refractivity contribution < 1.29 is 18.4 Å². The fraction of sp³-hybridized carbons (Fsp3) is 0. The first kappa shape index (κ1) is 15.4. The van der Waals surface area contributed by atoms with Crippen LogP contribution >= 0.6 is 0 Å². The first-order valence-corrected chi connectivity index (χ1v) is 6.18. The van der Waals surface area contributed by atoms with E-state index in [-0.39, 0.29) is 5.69 Å². The molecule has 0 radical (unpaired) electrons. The van der Waals surface area contributed by atoms with E-state index >= 15 is 0 Å². The molecule has 6 nitrogen and oxygen atoms in total. The van der Waals surface area contributed by atoms with Gasteiger partial charge in [0.15, 0.2) is 11.6 Å². The number of hydrogen-bond acceptors (Lipinski definition) is 3. The maximum atomic E-state index is 13.0. The third-order valence-electron chi connectivity index (χ3n) is 2.57. The number of amides is 3. The number of nitrogens with one attached hydrogen (secondary N) is 4. The topological polar surface area (TPSA) is 82.3 Å². The lowest BCUT2D eigenvalue weighted by Crippen LogP contribution is -2.50. The Balaban J connectivity index is 1.78. The zero-order chi connectivity index (χ0) is 15.9. The first-order valence-electron chi connectivity index (χ1n) is 6.18. The van der Waals surface area contributed by atoms with Crippen molar-refractivity contribution in [1.82, 2.24) is 16.4 Å². The van der Waals surface area contributed by atoms with E-state index in [1.54, 1.807) is 30.3 Å². The fourth-order valence-corrected chi connectivity index (χ4v) is 1.54. The van der Waals surface area contributed by atoms with Crippen molar-refractivity contribution in [2.75, 3.05) is 5.32 Å². The Morgan fingerprint density at radius 2 is 1.59 bits per heavy atom. The minimum atomic E-state index is -1.08. The predicted octanol–water partition coefficient (Wildman–Crippen LogP) is 1.94. The molecule has 2 rings (SSSR count). The number of hydrogen-bond donors (Lipinski definition) is 4. The highest BCUT2D eigenvalue weighted by Crippen LogP contribution is 2.12. The van der Waals surface area contributed by atoms with Gasteiger partial charge in [-0.1, -0.05) is 18.2 Å². The number of rotatable bonds is 4. The van der Waals surface area contributed by atoms with Gasteiger partial charge in [0.2, 0.25) is 0 Å². The molecule has 0 aliphatic heterocycles. The summed E-state index contributed by atoms with van der Waals surface area (Å²) in [5, 5.41) is 2.25. The molecule has 2 aromatic carbocycles. The summed E-state index contributed by atoms with van der Waals surface area (Å²) in [6, 6.07) is 10.5. The SMILES string of the molecule is O=C(NNNC(=O)c1ccccc1)Nc1ccc(F)c(F)c1. The molecule has 0 unspecified atom stereocenters. The van der Waals surface area contributed by atoms with Crippen molar-refractivity contribution in [3.8, 4) is 0 Å². The maximum absolute atomic E-state index is 13.0. The molecule has 2 aromatic rings. The lowest BCUT2D eigenvalue weighted by molar-refractivity contribution is 0.0927. The summed E-state index contributed by atoms with van der Waals surface area (Å²) in [7, 11) is 0. The van der Waals surface area contributed by atoms with Gasteiger partial charge in [-0.15, -0.1) is 5.53 Å². The Hall–Kier alpha value is -3.00. The second kappa shape index (κ2) is 7.14. The second-order valence-electron chi connectivity index (χ2n) is 4.15. The molecular formula is C14H12F2N4O2. The van der Waals surface area contributed by atoms with Crippen LogP contribution in [0.2, 0.25) is 0 Å². The van der Waals surface area contributed by atoms with E-state index in [2.05, 4.69) is 21.7 Å². The Labute approximate surface area is 124 Å². The van der Waals surface area contributed by atoms with Gasteiger partial charge in [-0.2, -0.15) is 0 Å². The predicted molar refractivity (Wildman–Crippen MR) is 75.6 cm³/mol. The highest BCUT2D eigenvalue weighted by atomic mass is 19.2. The van der Waals surface area contributed by atoms with Crippen LogP contribution in [0.4, 0.5) is 19.3 Å². The zero-order valence-electron chi connectivity index (χ0n) is 11.2. The number of carbonyl (C=O) groups excluding carboxylic acids is 2. The van der Waals surface area contributed by atoms with Gasteiger partial charge < -0.3 is 5.32 Å². The van der Waals surface area contributed by atoms with Gasteiger partial charge in [-0.3, -0.25) is 15.6 Å². The lowest BCUT2D eigenvalue weighted by Gasteiger charge is -2.10. The zero-order valence-corrected chi connectivity index (χ0v) is 11.2. The van der Waals surface area contributed by atoms with Crippen LogP contribution in [0.15, 0.2) is 48.5 Å². The lowest BCUT2D eigenvalue weighted by atomic mass is 10.2. The normalized spacial score (nSPS) is 9.91. The Kier molecular flexibility index (Phi) is 4.99. The maximum Gasteiger partial charge on any atom is 0.334 e. The molecule has 8 heteroatoms. The summed E-state index contributed by atoms with van der Waals surface area (Å²) >= 11 is 0. The van der Waals surface area contributed by atoms with Crippen molar-refractivity contribution in [1.29, 1.82) is 0 Å². The van der Waals surface area contributed by atoms with Crippen LogP contribution in [-0.2, 0) is 0 Å². The van der Waals surface area contributed by atoms with Crippen LogP contribution < -0.4 is 21.7 Å². The Morgan fingerprint density at radius 1 is 0.864 bits per heavy atom. The first-order chi connectivity index (χ1) is 10.6. The summed E-state index contributed by atoms with van der Waals surface area (Å²) in [5.41, 5.74) is 7.02. The molecule has 0 atom stereocenters. The van der Waals surface area contributed by atoms with Crippen molar-refractivity contribution in [3.63, 3.8) is 0 Å². The molecule has 0 fully saturated rings. The molecule has 3 amide bonds. The molecule has 0 saturated carbocycles. The minimum Gasteiger partial charge on any atom is -0.307 e. The molecule has 0 aliphatic carbocycles. The van der Waals surface area contributed by atoms with Crippen molar-refractivity contribution in [2.24, 2.45) is 0 Å². The van der Waals surface area contributed by atoms with E-state index in [1.807, 2.05) is 0 Å². The van der Waals surface area contributed by atoms with Crippen LogP contribution in [-0.4, -0.2) is 11.9 Å². The van der Waals surface area contributed by atoms with Crippen molar-refractivity contribution in [3.05, 3.63) is 65.7 Å². The molecule has 0 bridgehead atoms. The Bertz CT molecular complexity index is 680. The van der Waals surface area contributed by atoms with Crippen LogP contribution in [0.5, 0.6) is 0 Å².